The van der Waals surface area contributed by atoms with Gasteiger partial charge in [-0.1, -0.05) is 0 Å². The van der Waals surface area contributed by atoms with E-state index in [4.69, 9.17) is 14.3 Å². The van der Waals surface area contributed by atoms with E-state index in [1.807, 2.05) is 0 Å². The van der Waals surface area contributed by atoms with Gasteiger partial charge in [0.15, 0.2) is 0 Å². The Labute approximate surface area is 103 Å². The van der Waals surface area contributed by atoms with Crippen LogP contribution < -0.4 is 4.74 Å². The first-order chi connectivity index (χ1) is 8.56. The van der Waals surface area contributed by atoms with Crippen molar-refractivity contribution in [2.45, 2.75) is 6.92 Å². The predicted octanol–water partition coefficient (Wildman–Crippen LogP) is 2.41. The third kappa shape index (κ3) is 2.57. The van der Waals surface area contributed by atoms with Crippen LogP contribution in [0, 0.1) is 0 Å². The molecule has 5 heteroatoms. The molecular weight excluding hydrogens is 236 g/mol. The molecule has 18 heavy (non-hydrogen) atoms. The van der Waals surface area contributed by atoms with E-state index >= 15 is 0 Å². The van der Waals surface area contributed by atoms with Gasteiger partial charge in [0.1, 0.15) is 11.5 Å². The molecule has 0 saturated carbocycles. The monoisotopic (exact) mass is 246 g/mol. The minimum absolute atomic E-state index is 0.397. The minimum atomic E-state index is -1.06. The fourth-order valence-electron chi connectivity index (χ4n) is 1.59. The van der Waals surface area contributed by atoms with Gasteiger partial charge in [0.2, 0.25) is 0 Å². The molecule has 0 radical (unpaired) electrons. The zero-order chi connectivity index (χ0) is 13.1. The molecule has 0 fully saturated rings. The highest BCUT2D eigenvalue weighted by Gasteiger charge is 2.13. The Hall–Kier alpha value is -2.56. The number of esters is 1. The van der Waals surface area contributed by atoms with E-state index < -0.39 is 11.9 Å². The van der Waals surface area contributed by atoms with E-state index in [1.165, 1.54) is 19.3 Å². The van der Waals surface area contributed by atoms with E-state index in [9.17, 15) is 9.59 Å². The van der Waals surface area contributed by atoms with Crippen LogP contribution in [0.15, 0.2) is 35.0 Å². The number of carboxylic acids is 1. The highest BCUT2D eigenvalue weighted by Crippen LogP contribution is 2.34. The number of carbonyl (C=O) groups is 2. The van der Waals surface area contributed by atoms with E-state index in [0.29, 0.717) is 17.1 Å². The third-order valence-electron chi connectivity index (χ3n) is 2.24. The van der Waals surface area contributed by atoms with Crippen LogP contribution in [-0.2, 0) is 9.59 Å². The van der Waals surface area contributed by atoms with E-state index in [2.05, 4.69) is 0 Å². The summed E-state index contributed by atoms with van der Waals surface area (Å²) in [5, 5.41) is 8.57. The molecule has 0 unspecified atom stereocenters. The number of carbonyl (C=O) groups excluding carboxylic acids is 1. The van der Waals surface area contributed by atoms with Crippen molar-refractivity contribution in [2.75, 3.05) is 0 Å². The summed E-state index contributed by atoms with van der Waals surface area (Å²) in [6.07, 6.45) is 3.78. The Kier molecular flexibility index (Phi) is 3.14. The van der Waals surface area contributed by atoms with Crippen LogP contribution in [0.25, 0.3) is 17.2 Å². The number of hydrogen-bond acceptors (Lipinski definition) is 4. The lowest BCUT2D eigenvalue weighted by molar-refractivity contribution is -0.132. The lowest BCUT2D eigenvalue weighted by atomic mass is 10.1. The van der Waals surface area contributed by atoms with Gasteiger partial charge < -0.3 is 14.3 Å². The van der Waals surface area contributed by atoms with Gasteiger partial charge in [0, 0.05) is 18.6 Å². The van der Waals surface area contributed by atoms with Crippen LogP contribution in [0.2, 0.25) is 0 Å². The summed E-state index contributed by atoms with van der Waals surface area (Å²) in [5.41, 5.74) is 1.49. The van der Waals surface area contributed by atoms with Gasteiger partial charge in [-0.25, -0.2) is 4.79 Å². The summed E-state index contributed by atoms with van der Waals surface area (Å²) < 4.78 is 10.2. The van der Waals surface area contributed by atoms with Crippen LogP contribution in [0.3, 0.4) is 0 Å². The van der Waals surface area contributed by atoms with Gasteiger partial charge in [-0.15, -0.1) is 0 Å². The van der Waals surface area contributed by atoms with Crippen molar-refractivity contribution in [3.05, 3.63) is 36.3 Å². The largest absolute Gasteiger partial charge is 0.478 e. The number of fused-ring (bicyclic) bond motifs is 1. The average Bonchev–Trinajstić information content (AvgIpc) is 2.67. The molecule has 0 saturated heterocycles. The lowest BCUT2D eigenvalue weighted by Gasteiger charge is -2.00. The second-order valence-electron chi connectivity index (χ2n) is 3.61. The summed E-state index contributed by atoms with van der Waals surface area (Å²) in [5.74, 6) is -0.670. The summed E-state index contributed by atoms with van der Waals surface area (Å²) in [4.78, 5) is 21.3. The topological polar surface area (TPSA) is 76.7 Å². The first-order valence-corrected chi connectivity index (χ1v) is 5.17. The van der Waals surface area contributed by atoms with Crippen molar-refractivity contribution in [1.29, 1.82) is 0 Å². The van der Waals surface area contributed by atoms with Crippen LogP contribution in [0.1, 0.15) is 12.7 Å². The van der Waals surface area contributed by atoms with Gasteiger partial charge in [-0.2, -0.15) is 0 Å². The molecule has 0 spiro atoms. The van der Waals surface area contributed by atoms with Crippen molar-refractivity contribution >= 4 is 18.0 Å². The van der Waals surface area contributed by atoms with Crippen molar-refractivity contribution in [3.8, 4) is 16.9 Å². The van der Waals surface area contributed by atoms with E-state index in [1.54, 1.807) is 18.2 Å². The Morgan fingerprint density at radius 3 is 2.83 bits per heavy atom. The van der Waals surface area contributed by atoms with Crippen molar-refractivity contribution in [1.82, 2.24) is 0 Å². The van der Waals surface area contributed by atoms with Crippen molar-refractivity contribution < 1.29 is 23.8 Å². The number of ether oxygens (including phenoxy) is 1. The molecule has 0 atom stereocenters. The van der Waals surface area contributed by atoms with Gasteiger partial charge in [0.05, 0.1) is 6.26 Å². The maximum Gasteiger partial charge on any atom is 0.328 e. The molecule has 2 rings (SSSR count). The van der Waals surface area contributed by atoms with E-state index in [-0.39, 0.29) is 0 Å². The number of hydrogen-bond donors (Lipinski definition) is 1. The van der Waals surface area contributed by atoms with Crippen molar-refractivity contribution in [2.24, 2.45) is 0 Å². The third-order valence-corrected chi connectivity index (χ3v) is 2.24. The molecule has 1 heterocycles. The molecule has 92 valence electrons. The van der Waals surface area contributed by atoms with Gasteiger partial charge in [-0.3, -0.25) is 4.79 Å². The molecule has 0 bridgehead atoms. The molecule has 1 aliphatic carbocycles. The molecule has 0 aromatic carbocycles. The molecule has 0 aromatic rings. The van der Waals surface area contributed by atoms with E-state index in [0.717, 1.165) is 11.6 Å². The van der Waals surface area contributed by atoms with Gasteiger partial charge in [-0.05, 0) is 29.8 Å². The zero-order valence-electron chi connectivity index (χ0n) is 9.54. The van der Waals surface area contributed by atoms with Crippen LogP contribution in [-0.4, -0.2) is 17.0 Å². The highest BCUT2D eigenvalue weighted by molar-refractivity contribution is 5.87. The summed E-state index contributed by atoms with van der Waals surface area (Å²) in [7, 11) is 0. The SMILES string of the molecule is CC(=O)Oc1cc2ccoc(C=CC(=O)O)c-2c1. The molecule has 0 aromatic heterocycles. The first-order valence-electron chi connectivity index (χ1n) is 5.17. The number of rotatable bonds is 3. The quantitative estimate of drug-likeness (QED) is 0.664. The number of carboxylic acid groups (broad SMARTS) is 1. The van der Waals surface area contributed by atoms with Gasteiger partial charge in [0.25, 0.3) is 0 Å². The van der Waals surface area contributed by atoms with Crippen LogP contribution in [0.5, 0.6) is 5.75 Å². The standard InChI is InChI=1S/C13H10O5/c1-8(14)18-10-6-9-4-5-17-12(11(9)7-10)2-3-13(15)16/h2-7H,1H3,(H,15,16). The Bertz CT molecular complexity index is 594. The first kappa shape index (κ1) is 11.9. The fourth-order valence-corrected chi connectivity index (χ4v) is 1.59. The van der Waals surface area contributed by atoms with Crippen LogP contribution in [0.4, 0.5) is 0 Å². The molecule has 5 nitrogen and oxygen atoms in total. The molecule has 1 aliphatic heterocycles. The summed E-state index contributed by atoms with van der Waals surface area (Å²) in [6, 6.07) is 5.02. The maximum absolute atomic E-state index is 10.9. The second-order valence-corrected chi connectivity index (χ2v) is 3.61. The molecule has 0 amide bonds. The average molecular weight is 246 g/mol. The number of aliphatic carboxylic acids is 1. The normalized spacial score (nSPS) is 10.9. The molecular formula is C13H10O5. The van der Waals surface area contributed by atoms with Crippen LogP contribution >= 0.6 is 0 Å². The smallest absolute Gasteiger partial charge is 0.328 e. The minimum Gasteiger partial charge on any atom is -0.478 e. The Balaban J connectivity index is 2.41. The highest BCUT2D eigenvalue weighted by atomic mass is 16.5. The maximum atomic E-state index is 10.9. The molecule has 2 aliphatic rings. The molecule has 1 N–H and O–H groups in total. The Morgan fingerprint density at radius 1 is 1.39 bits per heavy atom. The predicted molar refractivity (Wildman–Crippen MR) is 63.3 cm³/mol. The summed E-state index contributed by atoms with van der Waals surface area (Å²) in [6.45, 7) is 1.31. The lowest BCUT2D eigenvalue weighted by Crippen LogP contribution is -1.99. The zero-order valence-corrected chi connectivity index (χ0v) is 9.54. The fraction of sp³-hybridized carbons (Fsp3) is 0.0769. The van der Waals surface area contributed by atoms with Crippen molar-refractivity contribution in [3.63, 3.8) is 0 Å². The second kappa shape index (κ2) is 4.75. The van der Waals surface area contributed by atoms with Gasteiger partial charge >= 0.3 is 11.9 Å². The summed E-state index contributed by atoms with van der Waals surface area (Å²) >= 11 is 0. The Morgan fingerprint density at radius 2 is 2.17 bits per heavy atom.